The lowest BCUT2D eigenvalue weighted by Crippen LogP contribution is -2.35. The highest BCUT2D eigenvalue weighted by atomic mass is 35.5. The van der Waals surface area contributed by atoms with Crippen LogP contribution in [-0.4, -0.2) is 36.6 Å². The third kappa shape index (κ3) is 3.68. The average Bonchev–Trinajstić information content (AvgIpc) is 3.16. The van der Waals surface area contributed by atoms with E-state index in [9.17, 15) is 22.0 Å². The number of anilines is 1. The topological polar surface area (TPSA) is 100 Å². The zero-order valence-electron chi connectivity index (χ0n) is 14.5. The summed E-state index contributed by atoms with van der Waals surface area (Å²) >= 11 is 6.24. The Kier molecular flexibility index (Phi) is 5.57. The summed E-state index contributed by atoms with van der Waals surface area (Å²) in [5, 5.41) is 11.2. The Morgan fingerprint density at radius 1 is 1.36 bits per heavy atom. The predicted octanol–water partition coefficient (Wildman–Crippen LogP) is 2.36. The number of carbonyl (C=O) groups is 1. The van der Waals surface area contributed by atoms with E-state index in [2.05, 4.69) is 10.0 Å². The van der Waals surface area contributed by atoms with Crippen molar-refractivity contribution in [3.63, 3.8) is 0 Å². The van der Waals surface area contributed by atoms with Crippen molar-refractivity contribution in [1.82, 2.24) is 9.29 Å². The molecule has 7 nitrogen and oxygen atoms in total. The number of halogens is 3. The minimum atomic E-state index is -4.13. The predicted molar refractivity (Wildman–Crippen MR) is 99.7 cm³/mol. The molecule has 0 fully saturated rings. The first-order chi connectivity index (χ1) is 13.2. The van der Waals surface area contributed by atoms with E-state index in [0.29, 0.717) is 0 Å². The Balaban J connectivity index is 2.01. The number of nitrogens with one attached hydrogen (secondary N) is 2. The van der Waals surface area contributed by atoms with Crippen LogP contribution in [0.2, 0.25) is 5.02 Å². The number of hydrogen-bond donors (Lipinski definition) is 3. The first kappa shape index (κ1) is 20.5. The van der Waals surface area contributed by atoms with Gasteiger partial charge in [0.2, 0.25) is 10.0 Å². The Morgan fingerprint density at radius 2 is 2.07 bits per heavy atom. The zero-order valence-corrected chi connectivity index (χ0v) is 16.1. The highest BCUT2D eigenvalue weighted by molar-refractivity contribution is 7.89. The number of hydrogen-bond acceptors (Lipinski definition) is 4. The largest absolute Gasteiger partial charge is 0.395 e. The van der Waals surface area contributed by atoms with Crippen molar-refractivity contribution in [2.24, 2.45) is 0 Å². The molecule has 11 heteroatoms. The van der Waals surface area contributed by atoms with Gasteiger partial charge in [0.25, 0.3) is 5.91 Å². The molecule has 1 atom stereocenters. The average molecular weight is 432 g/mol. The Morgan fingerprint density at radius 3 is 2.71 bits per heavy atom. The third-order valence-corrected chi connectivity index (χ3v) is 6.20. The van der Waals surface area contributed by atoms with Gasteiger partial charge in [-0.05, 0) is 25.1 Å². The second kappa shape index (κ2) is 7.63. The molecule has 28 heavy (non-hydrogen) atoms. The number of aliphatic hydroxyl groups excluding tert-OH is 1. The summed E-state index contributed by atoms with van der Waals surface area (Å²) in [6.07, 6.45) is 3.16. The summed E-state index contributed by atoms with van der Waals surface area (Å²) in [6, 6.07) is 2.06. The highest BCUT2D eigenvalue weighted by Crippen LogP contribution is 2.36. The van der Waals surface area contributed by atoms with E-state index in [1.165, 1.54) is 23.6 Å². The number of aliphatic hydroxyl groups is 1. The number of aromatic nitrogens is 1. The lowest BCUT2D eigenvalue weighted by Gasteiger charge is -2.11. The molecule has 3 rings (SSSR count). The number of sulfonamides is 1. The molecule has 1 aliphatic rings. The fourth-order valence-corrected chi connectivity index (χ4v) is 4.91. The third-order valence-electron chi connectivity index (χ3n) is 4.06. The number of allylic oxidation sites excluding steroid dienone is 1. The van der Waals surface area contributed by atoms with Gasteiger partial charge in [-0.3, -0.25) is 4.79 Å². The van der Waals surface area contributed by atoms with Gasteiger partial charge in [0.05, 0.1) is 17.3 Å². The van der Waals surface area contributed by atoms with Crippen LogP contribution < -0.4 is 10.0 Å². The van der Waals surface area contributed by atoms with E-state index < -0.39 is 40.2 Å². The van der Waals surface area contributed by atoms with Gasteiger partial charge in [-0.25, -0.2) is 21.9 Å². The number of amides is 1. The van der Waals surface area contributed by atoms with Crippen molar-refractivity contribution in [3.05, 3.63) is 52.3 Å². The molecule has 1 aromatic heterocycles. The van der Waals surface area contributed by atoms with E-state index in [1.807, 2.05) is 0 Å². The van der Waals surface area contributed by atoms with Gasteiger partial charge in [0, 0.05) is 24.3 Å². The van der Waals surface area contributed by atoms with Gasteiger partial charge in [0.1, 0.15) is 10.6 Å². The first-order valence-electron chi connectivity index (χ1n) is 8.13. The quantitative estimate of drug-likeness (QED) is 0.653. The van der Waals surface area contributed by atoms with Crippen molar-refractivity contribution in [1.29, 1.82) is 0 Å². The molecule has 1 amide bonds. The molecule has 1 aliphatic heterocycles. The van der Waals surface area contributed by atoms with E-state index in [-0.39, 0.29) is 33.5 Å². The smallest absolute Gasteiger partial charge is 0.273 e. The Bertz CT molecular complexity index is 1080. The maximum atomic E-state index is 13.4. The van der Waals surface area contributed by atoms with E-state index >= 15 is 0 Å². The summed E-state index contributed by atoms with van der Waals surface area (Å²) in [7, 11) is -4.13. The molecule has 2 heterocycles. The van der Waals surface area contributed by atoms with Crippen molar-refractivity contribution in [2.45, 2.75) is 24.4 Å². The van der Waals surface area contributed by atoms with Crippen LogP contribution in [0.4, 0.5) is 14.5 Å². The van der Waals surface area contributed by atoms with Crippen LogP contribution in [-0.2, 0) is 16.6 Å². The molecule has 0 bridgehead atoms. The maximum Gasteiger partial charge on any atom is 0.273 e. The summed E-state index contributed by atoms with van der Waals surface area (Å²) in [4.78, 5) is 12.4. The SMILES string of the molecule is CC(CO)NS(=O)(=O)c1c(Cl)c(C(=O)Nc2ccc(F)c(F)c2)n2c1C=CC2. The van der Waals surface area contributed by atoms with Crippen LogP contribution in [0.3, 0.4) is 0 Å². The molecule has 150 valence electrons. The van der Waals surface area contributed by atoms with Crippen LogP contribution in [0.15, 0.2) is 29.2 Å². The minimum absolute atomic E-state index is 0.0158. The van der Waals surface area contributed by atoms with Crippen molar-refractivity contribution >= 4 is 39.3 Å². The van der Waals surface area contributed by atoms with Gasteiger partial charge in [-0.2, -0.15) is 0 Å². The summed E-state index contributed by atoms with van der Waals surface area (Å²) in [5.41, 5.74) is 0.0550. The van der Waals surface area contributed by atoms with Gasteiger partial charge in [-0.15, -0.1) is 0 Å². The van der Waals surface area contributed by atoms with E-state index in [4.69, 9.17) is 16.7 Å². The van der Waals surface area contributed by atoms with Crippen molar-refractivity contribution in [3.8, 4) is 0 Å². The van der Waals surface area contributed by atoms with Crippen LogP contribution in [0, 0.1) is 11.6 Å². The molecular formula is C17H16ClF2N3O4S. The Hall–Kier alpha value is -2.27. The fraction of sp³-hybridized carbons (Fsp3) is 0.235. The molecule has 0 spiro atoms. The van der Waals surface area contributed by atoms with Crippen molar-refractivity contribution < 1.29 is 27.1 Å². The summed E-state index contributed by atoms with van der Waals surface area (Å²) < 4.78 is 55.5. The minimum Gasteiger partial charge on any atom is -0.395 e. The van der Waals surface area contributed by atoms with Gasteiger partial charge >= 0.3 is 0 Å². The Labute approximate surface area is 164 Å². The molecule has 0 saturated carbocycles. The zero-order chi connectivity index (χ0) is 20.6. The molecule has 2 aromatic rings. The molecule has 0 aliphatic carbocycles. The van der Waals surface area contributed by atoms with Crippen LogP contribution in [0.5, 0.6) is 0 Å². The second-order valence-electron chi connectivity index (χ2n) is 6.18. The molecule has 0 saturated heterocycles. The maximum absolute atomic E-state index is 13.4. The summed E-state index contributed by atoms with van der Waals surface area (Å²) in [6.45, 7) is 1.25. The van der Waals surface area contributed by atoms with Crippen LogP contribution in [0.1, 0.15) is 23.1 Å². The molecule has 1 aromatic carbocycles. The number of fused-ring (bicyclic) bond motifs is 1. The lowest BCUT2D eigenvalue weighted by molar-refractivity contribution is 0.101. The number of rotatable bonds is 6. The van der Waals surface area contributed by atoms with Crippen LogP contribution in [0.25, 0.3) is 6.08 Å². The molecule has 0 radical (unpaired) electrons. The molecular weight excluding hydrogens is 416 g/mol. The van der Waals surface area contributed by atoms with E-state index in [1.54, 1.807) is 6.08 Å². The van der Waals surface area contributed by atoms with Crippen molar-refractivity contribution in [2.75, 3.05) is 11.9 Å². The van der Waals surface area contributed by atoms with Gasteiger partial charge < -0.3 is 15.0 Å². The molecule has 1 unspecified atom stereocenters. The number of benzene rings is 1. The van der Waals surface area contributed by atoms with Gasteiger partial charge in [0.15, 0.2) is 11.6 Å². The second-order valence-corrected chi connectivity index (χ2v) is 8.21. The highest BCUT2D eigenvalue weighted by Gasteiger charge is 2.34. The first-order valence-corrected chi connectivity index (χ1v) is 10.00. The monoisotopic (exact) mass is 431 g/mol. The number of nitrogens with zero attached hydrogens (tertiary/aromatic N) is 1. The summed E-state index contributed by atoms with van der Waals surface area (Å²) in [5.74, 6) is -2.99. The van der Waals surface area contributed by atoms with E-state index in [0.717, 1.165) is 12.1 Å². The number of carbonyl (C=O) groups excluding carboxylic acids is 1. The fourth-order valence-electron chi connectivity index (χ4n) is 2.81. The van der Waals surface area contributed by atoms with Crippen LogP contribution >= 0.6 is 11.6 Å². The standard InChI is InChI=1S/C17H16ClF2N3O4S/c1-9(8-24)22-28(26,27)16-13-3-2-6-23(13)15(14(16)18)17(25)21-10-4-5-11(19)12(20)7-10/h2-5,7,9,22,24H,6,8H2,1H3,(H,21,25). The van der Waals surface area contributed by atoms with Gasteiger partial charge in [-0.1, -0.05) is 17.7 Å². The molecule has 3 N–H and O–H groups in total. The normalized spacial score (nSPS) is 14.2. The lowest BCUT2D eigenvalue weighted by atomic mass is 10.3.